The highest BCUT2D eigenvalue weighted by molar-refractivity contribution is 8.03. The Labute approximate surface area is 102 Å². The molecule has 6 heteroatoms. The minimum Gasteiger partial charge on any atom is -0.367 e. The number of hydrogen-bond donors (Lipinski definition) is 1. The van der Waals surface area contributed by atoms with E-state index >= 15 is 0 Å². The Kier molecular flexibility index (Phi) is 1.81. The number of allylic oxidation sites excluding steroid dienone is 2. The monoisotopic (exact) mass is 243 g/mol. The molecule has 0 spiro atoms. The van der Waals surface area contributed by atoms with Gasteiger partial charge < -0.3 is 5.32 Å². The van der Waals surface area contributed by atoms with Crippen LogP contribution in [0.1, 0.15) is 11.2 Å². The van der Waals surface area contributed by atoms with Gasteiger partial charge in [0.15, 0.2) is 5.82 Å². The molecule has 0 saturated carbocycles. The summed E-state index contributed by atoms with van der Waals surface area (Å²) in [5, 5.41) is 11.4. The summed E-state index contributed by atoms with van der Waals surface area (Å²) in [6.07, 6.45) is 9.68. The number of aliphatic imine (C=N–C) groups is 1. The predicted molar refractivity (Wildman–Crippen MR) is 66.5 cm³/mol. The van der Waals surface area contributed by atoms with E-state index in [2.05, 4.69) is 31.1 Å². The summed E-state index contributed by atoms with van der Waals surface area (Å²) in [7, 11) is 0. The van der Waals surface area contributed by atoms with E-state index in [1.54, 1.807) is 12.5 Å². The Bertz CT molecular complexity index is 607. The number of fused-ring (bicyclic) bond motifs is 4. The van der Waals surface area contributed by atoms with Crippen molar-refractivity contribution in [3.05, 3.63) is 46.7 Å². The number of thioether (sulfide) groups is 1. The zero-order chi connectivity index (χ0) is 11.2. The Hall–Kier alpha value is -1.82. The maximum absolute atomic E-state index is 4.42. The standard InChI is InChI=1S/C11H9N5S/c1-2-12-4-9-7(1)8-3-13-5-10-15-14-6-16(10)11(8)17-9/h1-2,4-6,11-12H,3H2. The molecule has 4 heterocycles. The Morgan fingerprint density at radius 1 is 1.47 bits per heavy atom. The quantitative estimate of drug-likeness (QED) is 0.744. The first kappa shape index (κ1) is 9.23. The molecule has 5 nitrogen and oxygen atoms in total. The van der Waals surface area contributed by atoms with Crippen LogP contribution in [-0.4, -0.2) is 27.5 Å². The van der Waals surface area contributed by atoms with Gasteiger partial charge in [-0.1, -0.05) is 11.8 Å². The highest BCUT2D eigenvalue weighted by Gasteiger charge is 2.33. The average molecular weight is 243 g/mol. The molecule has 0 amide bonds. The fraction of sp³-hybridized carbons (Fsp3) is 0.182. The lowest BCUT2D eigenvalue weighted by Crippen LogP contribution is -2.07. The molecule has 1 aromatic heterocycles. The molecular weight excluding hydrogens is 234 g/mol. The normalized spacial score (nSPS) is 24.7. The van der Waals surface area contributed by atoms with Crippen LogP contribution in [0.3, 0.4) is 0 Å². The average Bonchev–Trinajstić information content (AvgIpc) is 2.91. The Morgan fingerprint density at radius 2 is 2.47 bits per heavy atom. The summed E-state index contributed by atoms with van der Waals surface area (Å²) in [6, 6.07) is 0. The van der Waals surface area contributed by atoms with E-state index < -0.39 is 0 Å². The molecule has 4 rings (SSSR count). The lowest BCUT2D eigenvalue weighted by atomic mass is 10.1. The number of nitrogens with one attached hydrogen (secondary N) is 1. The van der Waals surface area contributed by atoms with Crippen molar-refractivity contribution in [2.75, 3.05) is 6.54 Å². The predicted octanol–water partition coefficient (Wildman–Crippen LogP) is 1.21. The van der Waals surface area contributed by atoms with Crippen LogP contribution in [0.25, 0.3) is 0 Å². The maximum Gasteiger partial charge on any atom is 0.175 e. The van der Waals surface area contributed by atoms with E-state index in [4.69, 9.17) is 0 Å². The highest BCUT2D eigenvalue weighted by Crippen LogP contribution is 2.50. The third-order valence-electron chi connectivity index (χ3n) is 3.03. The van der Waals surface area contributed by atoms with Gasteiger partial charge in [0.1, 0.15) is 11.7 Å². The molecule has 1 N–H and O–H groups in total. The molecule has 0 radical (unpaired) electrons. The van der Waals surface area contributed by atoms with Gasteiger partial charge in [-0.2, -0.15) is 0 Å². The summed E-state index contributed by atoms with van der Waals surface area (Å²) in [5.74, 6) is 0.828. The fourth-order valence-corrected chi connectivity index (χ4v) is 3.56. The molecule has 3 aliphatic rings. The van der Waals surface area contributed by atoms with Crippen LogP contribution in [0.5, 0.6) is 0 Å². The molecule has 1 atom stereocenters. The fourth-order valence-electron chi connectivity index (χ4n) is 2.24. The second-order valence-corrected chi connectivity index (χ2v) is 5.11. The zero-order valence-electron chi connectivity index (χ0n) is 8.87. The minimum atomic E-state index is 0.244. The second-order valence-electron chi connectivity index (χ2n) is 3.98. The van der Waals surface area contributed by atoms with E-state index in [0.29, 0.717) is 0 Å². The van der Waals surface area contributed by atoms with Crippen molar-refractivity contribution in [2.24, 2.45) is 4.99 Å². The molecule has 0 saturated heterocycles. The maximum atomic E-state index is 4.42. The summed E-state index contributed by atoms with van der Waals surface area (Å²) < 4.78 is 2.08. The third kappa shape index (κ3) is 1.24. The summed E-state index contributed by atoms with van der Waals surface area (Å²) in [6.45, 7) is 0.734. The zero-order valence-corrected chi connectivity index (χ0v) is 9.68. The molecule has 84 valence electrons. The van der Waals surface area contributed by atoms with E-state index in [1.807, 2.05) is 24.2 Å². The van der Waals surface area contributed by atoms with Gasteiger partial charge in [0.05, 0.1) is 12.8 Å². The Morgan fingerprint density at radius 3 is 3.47 bits per heavy atom. The second kappa shape index (κ2) is 3.33. The molecule has 3 aliphatic heterocycles. The largest absolute Gasteiger partial charge is 0.367 e. The van der Waals surface area contributed by atoms with Crippen molar-refractivity contribution in [3.8, 4) is 0 Å². The van der Waals surface area contributed by atoms with Crippen molar-refractivity contribution >= 4 is 18.0 Å². The van der Waals surface area contributed by atoms with Crippen molar-refractivity contribution in [1.29, 1.82) is 0 Å². The van der Waals surface area contributed by atoms with Gasteiger partial charge in [-0.3, -0.25) is 9.56 Å². The first-order chi connectivity index (χ1) is 8.43. The highest BCUT2D eigenvalue weighted by atomic mass is 32.2. The van der Waals surface area contributed by atoms with Crippen LogP contribution in [0.4, 0.5) is 0 Å². The molecule has 1 unspecified atom stereocenters. The first-order valence-electron chi connectivity index (χ1n) is 5.36. The molecule has 0 bridgehead atoms. The van der Waals surface area contributed by atoms with Gasteiger partial charge in [0, 0.05) is 17.3 Å². The number of aromatic nitrogens is 3. The summed E-state index contributed by atoms with van der Waals surface area (Å²) in [5.41, 5.74) is 2.62. The van der Waals surface area contributed by atoms with Gasteiger partial charge >= 0.3 is 0 Å². The van der Waals surface area contributed by atoms with Crippen LogP contribution >= 0.6 is 11.8 Å². The lowest BCUT2D eigenvalue weighted by molar-refractivity contribution is 0.754. The minimum absolute atomic E-state index is 0.244. The van der Waals surface area contributed by atoms with E-state index in [-0.39, 0.29) is 5.37 Å². The summed E-state index contributed by atoms with van der Waals surface area (Å²) in [4.78, 5) is 5.68. The van der Waals surface area contributed by atoms with E-state index in [0.717, 1.165) is 12.4 Å². The number of hydrogen-bond acceptors (Lipinski definition) is 5. The first-order valence-corrected chi connectivity index (χ1v) is 6.23. The number of rotatable bonds is 0. The number of nitrogens with zero attached hydrogens (tertiary/aromatic N) is 4. The van der Waals surface area contributed by atoms with Crippen molar-refractivity contribution in [2.45, 2.75) is 5.37 Å². The van der Waals surface area contributed by atoms with Crippen LogP contribution in [0, 0.1) is 0 Å². The molecule has 17 heavy (non-hydrogen) atoms. The molecule has 0 aromatic carbocycles. The molecular formula is C11H9N5S. The van der Waals surface area contributed by atoms with E-state index in [9.17, 15) is 0 Å². The molecule has 0 fully saturated rings. The Balaban J connectivity index is 1.92. The van der Waals surface area contributed by atoms with Crippen molar-refractivity contribution in [1.82, 2.24) is 20.1 Å². The number of dihydropyridines is 1. The van der Waals surface area contributed by atoms with Crippen LogP contribution in [0.2, 0.25) is 0 Å². The van der Waals surface area contributed by atoms with Crippen LogP contribution in [0.15, 0.2) is 45.8 Å². The summed E-state index contributed by atoms with van der Waals surface area (Å²) >= 11 is 1.82. The van der Waals surface area contributed by atoms with Gasteiger partial charge in [-0.25, -0.2) is 0 Å². The van der Waals surface area contributed by atoms with Gasteiger partial charge in [0.2, 0.25) is 0 Å². The molecule has 1 aromatic rings. The van der Waals surface area contributed by atoms with Crippen molar-refractivity contribution < 1.29 is 0 Å². The topological polar surface area (TPSA) is 55.1 Å². The van der Waals surface area contributed by atoms with Gasteiger partial charge in [-0.15, -0.1) is 10.2 Å². The van der Waals surface area contributed by atoms with E-state index in [1.165, 1.54) is 16.1 Å². The van der Waals surface area contributed by atoms with Crippen LogP contribution < -0.4 is 5.32 Å². The van der Waals surface area contributed by atoms with Crippen molar-refractivity contribution in [3.63, 3.8) is 0 Å². The molecule has 0 aliphatic carbocycles. The lowest BCUT2D eigenvalue weighted by Gasteiger charge is -2.12. The van der Waals surface area contributed by atoms with Crippen LogP contribution in [-0.2, 0) is 0 Å². The van der Waals surface area contributed by atoms with Gasteiger partial charge in [-0.05, 0) is 17.2 Å². The third-order valence-corrected chi connectivity index (χ3v) is 4.36. The smallest absolute Gasteiger partial charge is 0.175 e. The SMILES string of the molecule is C1=CC2=C3CN=Cc4nncn4C3SC2=CN1. The van der Waals surface area contributed by atoms with Gasteiger partial charge in [0.25, 0.3) is 0 Å².